The number of alkyl halides is 2. The van der Waals surface area contributed by atoms with Gasteiger partial charge in [-0.05, 0) is 0 Å². The van der Waals surface area contributed by atoms with Gasteiger partial charge in [0.15, 0.2) is 17.7 Å². The summed E-state index contributed by atoms with van der Waals surface area (Å²) < 4.78 is 36.5. The Morgan fingerprint density at radius 2 is 2.30 bits per heavy atom. The number of halogens is 3. The zero-order valence-corrected chi connectivity index (χ0v) is 11.4. The van der Waals surface area contributed by atoms with Crippen LogP contribution in [0.1, 0.15) is 10.4 Å². The number of methoxy groups -OCH3 is 1. The van der Waals surface area contributed by atoms with Gasteiger partial charge in [-0.15, -0.1) is 12.4 Å². The number of anilines is 1. The second kappa shape index (κ2) is 6.19. The fourth-order valence-corrected chi connectivity index (χ4v) is 1.69. The van der Waals surface area contributed by atoms with Crippen molar-refractivity contribution in [3.63, 3.8) is 0 Å². The molecule has 1 fully saturated rings. The summed E-state index contributed by atoms with van der Waals surface area (Å²) in [6.07, 6.45) is -0.150. The summed E-state index contributed by atoms with van der Waals surface area (Å²) in [6, 6.07) is 1.24. The number of nitrogens with one attached hydrogen (secondary N) is 1. The molecule has 0 amide bonds. The quantitative estimate of drug-likeness (QED) is 0.805. The van der Waals surface area contributed by atoms with Crippen LogP contribution in [0.15, 0.2) is 12.3 Å². The summed E-state index contributed by atoms with van der Waals surface area (Å²) in [5.41, 5.74) is 5.63. The molecule has 1 aromatic rings. The van der Waals surface area contributed by atoms with Gasteiger partial charge in [0.25, 0.3) is 5.92 Å². The van der Waals surface area contributed by atoms with Crippen LogP contribution in [0.3, 0.4) is 0 Å². The Hall–Kier alpha value is -1.67. The Kier molecular flexibility index (Phi) is 5.07. The normalized spacial score (nSPS) is 20.1. The van der Waals surface area contributed by atoms with Crippen LogP contribution in [0.25, 0.3) is 0 Å². The molecule has 0 unspecified atom stereocenters. The maximum absolute atomic E-state index is 13.4. The number of nitrogens with two attached hydrogens (primary N) is 1. The number of nitrogen functional groups attached to an aromatic ring is 1. The third-order valence-corrected chi connectivity index (χ3v) is 2.73. The molecule has 1 aliphatic heterocycles. The van der Waals surface area contributed by atoms with Crippen molar-refractivity contribution in [1.29, 1.82) is 0 Å². The second-order valence-corrected chi connectivity index (χ2v) is 4.10. The van der Waals surface area contributed by atoms with Gasteiger partial charge in [0, 0.05) is 18.8 Å². The third kappa shape index (κ3) is 3.26. The van der Waals surface area contributed by atoms with E-state index in [9.17, 15) is 13.6 Å². The third-order valence-electron chi connectivity index (χ3n) is 2.73. The lowest BCUT2D eigenvalue weighted by atomic mass is 10.2. The lowest BCUT2D eigenvalue weighted by Crippen LogP contribution is -2.36. The van der Waals surface area contributed by atoms with Gasteiger partial charge in [0.2, 0.25) is 0 Å². The number of esters is 1. The molecule has 2 heterocycles. The van der Waals surface area contributed by atoms with Crippen molar-refractivity contribution in [2.45, 2.75) is 12.0 Å². The van der Waals surface area contributed by atoms with Crippen LogP contribution < -0.4 is 15.8 Å². The minimum Gasteiger partial charge on any atom is -0.479 e. The predicted molar refractivity (Wildman–Crippen MR) is 69.5 cm³/mol. The van der Waals surface area contributed by atoms with Crippen LogP contribution in [0, 0.1) is 0 Å². The summed E-state index contributed by atoms with van der Waals surface area (Å²) in [5.74, 6) is -3.76. The van der Waals surface area contributed by atoms with Crippen molar-refractivity contribution in [3.05, 3.63) is 17.8 Å². The molecule has 20 heavy (non-hydrogen) atoms. The summed E-state index contributed by atoms with van der Waals surface area (Å²) in [6.45, 7) is -0.462. The predicted octanol–water partition coefficient (Wildman–Crippen LogP) is 0.858. The summed E-state index contributed by atoms with van der Waals surface area (Å²) in [4.78, 5) is 15.0. The van der Waals surface area contributed by atoms with Crippen molar-refractivity contribution in [2.75, 3.05) is 25.9 Å². The fourth-order valence-electron chi connectivity index (χ4n) is 1.69. The van der Waals surface area contributed by atoms with Crippen LogP contribution in [0.5, 0.6) is 5.75 Å². The molecule has 0 aliphatic carbocycles. The molecule has 1 atom stereocenters. The smallest absolute Gasteiger partial charge is 0.339 e. The van der Waals surface area contributed by atoms with E-state index in [1.165, 1.54) is 19.4 Å². The maximum Gasteiger partial charge on any atom is 0.339 e. The van der Waals surface area contributed by atoms with Crippen molar-refractivity contribution >= 4 is 24.2 Å². The molecule has 3 N–H and O–H groups in total. The number of rotatable bonds is 3. The Balaban J connectivity index is 0.00000200. The number of ether oxygens (including phenoxy) is 2. The van der Waals surface area contributed by atoms with Gasteiger partial charge in [-0.1, -0.05) is 0 Å². The Labute approximate surface area is 120 Å². The SMILES string of the molecule is COC(=O)c1cnc(N)c(O[C@H]2CNCC2(F)F)c1.Cl. The Morgan fingerprint density at radius 1 is 1.60 bits per heavy atom. The van der Waals surface area contributed by atoms with E-state index in [4.69, 9.17) is 10.5 Å². The first kappa shape index (κ1) is 16.4. The van der Waals surface area contributed by atoms with E-state index in [0.717, 1.165) is 0 Å². The minimum absolute atomic E-state index is 0. The van der Waals surface area contributed by atoms with Gasteiger partial charge in [-0.3, -0.25) is 0 Å². The molecule has 112 valence electrons. The van der Waals surface area contributed by atoms with Crippen LogP contribution in [-0.4, -0.2) is 43.2 Å². The van der Waals surface area contributed by atoms with E-state index in [1.807, 2.05) is 0 Å². The lowest BCUT2D eigenvalue weighted by Gasteiger charge is -2.20. The molecule has 1 saturated heterocycles. The van der Waals surface area contributed by atoms with Gasteiger partial charge in [0.05, 0.1) is 19.2 Å². The lowest BCUT2D eigenvalue weighted by molar-refractivity contribution is -0.0596. The van der Waals surface area contributed by atoms with Crippen molar-refractivity contribution < 1.29 is 23.0 Å². The van der Waals surface area contributed by atoms with Crippen molar-refractivity contribution in [1.82, 2.24) is 10.3 Å². The molecule has 6 nitrogen and oxygen atoms in total. The number of nitrogens with zero attached hydrogens (tertiary/aromatic N) is 1. The zero-order valence-electron chi connectivity index (χ0n) is 10.6. The first-order valence-electron chi connectivity index (χ1n) is 5.53. The number of hydrogen-bond donors (Lipinski definition) is 2. The number of pyridine rings is 1. The highest BCUT2D eigenvalue weighted by Gasteiger charge is 2.46. The molecule has 9 heteroatoms. The largest absolute Gasteiger partial charge is 0.479 e. The number of carbonyl (C=O) groups is 1. The maximum atomic E-state index is 13.4. The van der Waals surface area contributed by atoms with Gasteiger partial charge < -0.3 is 20.5 Å². The second-order valence-electron chi connectivity index (χ2n) is 4.10. The highest BCUT2D eigenvalue weighted by molar-refractivity contribution is 5.89. The van der Waals surface area contributed by atoms with E-state index >= 15 is 0 Å². The van der Waals surface area contributed by atoms with Gasteiger partial charge >= 0.3 is 5.97 Å². The van der Waals surface area contributed by atoms with Crippen LogP contribution in [0.2, 0.25) is 0 Å². The highest BCUT2D eigenvalue weighted by atomic mass is 35.5. The molecular formula is C11H14ClF2N3O3. The Morgan fingerprint density at radius 3 is 2.85 bits per heavy atom. The van der Waals surface area contributed by atoms with E-state index in [-0.39, 0.29) is 36.1 Å². The van der Waals surface area contributed by atoms with Crippen molar-refractivity contribution in [3.8, 4) is 5.75 Å². The van der Waals surface area contributed by atoms with E-state index < -0.39 is 24.5 Å². The van der Waals surface area contributed by atoms with Gasteiger partial charge in [-0.2, -0.15) is 0 Å². The average Bonchev–Trinajstić information content (AvgIpc) is 2.70. The van der Waals surface area contributed by atoms with Gasteiger partial charge in [0.1, 0.15) is 0 Å². The number of hydrogen-bond acceptors (Lipinski definition) is 6. The van der Waals surface area contributed by atoms with E-state index in [2.05, 4.69) is 15.0 Å². The molecule has 0 aromatic carbocycles. The van der Waals surface area contributed by atoms with Crippen molar-refractivity contribution in [2.24, 2.45) is 0 Å². The van der Waals surface area contributed by atoms with Crippen LogP contribution in [0.4, 0.5) is 14.6 Å². The highest BCUT2D eigenvalue weighted by Crippen LogP contribution is 2.29. The van der Waals surface area contributed by atoms with Crippen LogP contribution in [-0.2, 0) is 4.74 Å². The molecule has 0 spiro atoms. The topological polar surface area (TPSA) is 86.5 Å². The van der Waals surface area contributed by atoms with E-state index in [0.29, 0.717) is 0 Å². The molecule has 0 bridgehead atoms. The van der Waals surface area contributed by atoms with Gasteiger partial charge in [-0.25, -0.2) is 18.6 Å². The summed E-state index contributed by atoms with van der Waals surface area (Å²) >= 11 is 0. The Bertz CT molecular complexity index is 502. The molecular weight excluding hydrogens is 296 g/mol. The number of aromatic nitrogens is 1. The van der Waals surface area contributed by atoms with Crippen LogP contribution >= 0.6 is 12.4 Å². The standard InChI is InChI=1S/C11H13F2N3O3.ClH/c1-18-10(17)6-2-7(9(14)16-3-6)19-8-4-15-5-11(8,12)13;/h2-3,8,15H,4-5H2,1H3,(H2,14,16);1H/t8-;/m0./s1. The molecule has 0 radical (unpaired) electrons. The molecule has 0 saturated carbocycles. The average molecular weight is 310 g/mol. The molecule has 1 aromatic heterocycles. The summed E-state index contributed by atoms with van der Waals surface area (Å²) in [5, 5.41) is 2.52. The molecule has 2 rings (SSSR count). The monoisotopic (exact) mass is 309 g/mol. The number of carbonyl (C=O) groups excluding carboxylic acids is 1. The minimum atomic E-state index is -2.99. The van der Waals surface area contributed by atoms with E-state index in [1.54, 1.807) is 0 Å². The zero-order chi connectivity index (χ0) is 14.0. The first-order chi connectivity index (χ1) is 8.94. The summed E-state index contributed by atoms with van der Waals surface area (Å²) in [7, 11) is 1.20. The first-order valence-corrected chi connectivity index (χ1v) is 5.53. The molecule has 1 aliphatic rings. The fraction of sp³-hybridized carbons (Fsp3) is 0.455.